The van der Waals surface area contributed by atoms with E-state index in [1.807, 2.05) is 0 Å². The molecule has 1 fully saturated rings. The number of carbonyl (C=O) groups excluding carboxylic acids is 1. The minimum atomic E-state index is -0.164. The van der Waals surface area contributed by atoms with Crippen molar-refractivity contribution in [3.63, 3.8) is 0 Å². The van der Waals surface area contributed by atoms with Crippen LogP contribution < -0.4 is 10.6 Å². The Morgan fingerprint density at radius 1 is 1.61 bits per heavy atom. The normalized spacial score (nSPS) is 19.3. The van der Waals surface area contributed by atoms with E-state index in [4.69, 9.17) is 16.3 Å². The number of hydrogen-bond donors (Lipinski definition) is 2. The summed E-state index contributed by atoms with van der Waals surface area (Å²) in [4.78, 5) is 16.1. The SMILES string of the molecule is CNc1ncc(C(=O)NC2CCCOC2)cc1Cl. The number of nitrogens with one attached hydrogen (secondary N) is 2. The maximum atomic E-state index is 12.0. The Bertz CT molecular complexity index is 433. The average Bonchev–Trinajstić information content (AvgIpc) is 2.39. The molecule has 5 nitrogen and oxygen atoms in total. The Morgan fingerprint density at radius 3 is 3.06 bits per heavy atom. The van der Waals surface area contributed by atoms with Crippen molar-refractivity contribution in [3.8, 4) is 0 Å². The van der Waals surface area contributed by atoms with Crippen LogP contribution >= 0.6 is 11.6 Å². The predicted molar refractivity (Wildman–Crippen MR) is 70.1 cm³/mol. The predicted octanol–water partition coefficient (Wildman–Crippen LogP) is 1.69. The van der Waals surface area contributed by atoms with Gasteiger partial charge in [-0.05, 0) is 18.9 Å². The minimum Gasteiger partial charge on any atom is -0.379 e. The molecule has 1 unspecified atom stereocenters. The third-order valence-corrected chi connectivity index (χ3v) is 3.12. The van der Waals surface area contributed by atoms with E-state index in [1.165, 1.54) is 6.20 Å². The molecule has 1 aromatic heterocycles. The number of amides is 1. The standard InChI is InChI=1S/C12H16ClN3O2/c1-14-11-10(13)5-8(6-15-11)12(17)16-9-3-2-4-18-7-9/h5-6,9H,2-4,7H2,1H3,(H,14,15)(H,16,17). The number of rotatable bonds is 3. The van der Waals surface area contributed by atoms with Crippen LogP contribution in [0.15, 0.2) is 12.3 Å². The molecule has 2 rings (SSSR count). The molecule has 0 radical (unpaired) electrons. The summed E-state index contributed by atoms with van der Waals surface area (Å²) in [7, 11) is 1.73. The number of anilines is 1. The van der Waals surface area contributed by atoms with Gasteiger partial charge < -0.3 is 15.4 Å². The molecular formula is C12H16ClN3O2. The van der Waals surface area contributed by atoms with E-state index in [0.717, 1.165) is 19.4 Å². The van der Waals surface area contributed by atoms with Gasteiger partial charge >= 0.3 is 0 Å². The van der Waals surface area contributed by atoms with Gasteiger partial charge in [-0.3, -0.25) is 4.79 Å². The van der Waals surface area contributed by atoms with Gasteiger partial charge in [0.1, 0.15) is 5.82 Å². The topological polar surface area (TPSA) is 63.2 Å². The highest BCUT2D eigenvalue weighted by molar-refractivity contribution is 6.33. The molecule has 98 valence electrons. The maximum Gasteiger partial charge on any atom is 0.253 e. The van der Waals surface area contributed by atoms with Crippen molar-refractivity contribution in [3.05, 3.63) is 22.8 Å². The summed E-state index contributed by atoms with van der Waals surface area (Å²) >= 11 is 5.99. The number of carbonyl (C=O) groups is 1. The van der Waals surface area contributed by atoms with Crippen molar-refractivity contribution in [2.45, 2.75) is 18.9 Å². The lowest BCUT2D eigenvalue weighted by Crippen LogP contribution is -2.40. The molecule has 0 aliphatic carbocycles. The van der Waals surface area contributed by atoms with E-state index in [0.29, 0.717) is 23.0 Å². The van der Waals surface area contributed by atoms with Crippen LogP contribution in [0.1, 0.15) is 23.2 Å². The first-order valence-corrected chi connectivity index (χ1v) is 6.30. The lowest BCUT2D eigenvalue weighted by atomic mass is 10.1. The number of ether oxygens (including phenoxy) is 1. The number of pyridine rings is 1. The van der Waals surface area contributed by atoms with E-state index in [1.54, 1.807) is 13.1 Å². The van der Waals surface area contributed by atoms with Crippen molar-refractivity contribution >= 4 is 23.3 Å². The molecular weight excluding hydrogens is 254 g/mol. The highest BCUT2D eigenvalue weighted by atomic mass is 35.5. The van der Waals surface area contributed by atoms with Gasteiger partial charge in [0, 0.05) is 19.9 Å². The fraction of sp³-hybridized carbons (Fsp3) is 0.500. The van der Waals surface area contributed by atoms with Crippen molar-refractivity contribution in [2.24, 2.45) is 0 Å². The van der Waals surface area contributed by atoms with E-state index >= 15 is 0 Å². The number of halogens is 1. The van der Waals surface area contributed by atoms with E-state index in [-0.39, 0.29) is 11.9 Å². The van der Waals surface area contributed by atoms with Gasteiger partial charge in [0.25, 0.3) is 5.91 Å². The Kier molecular flexibility index (Phi) is 4.38. The number of hydrogen-bond acceptors (Lipinski definition) is 4. The molecule has 1 amide bonds. The van der Waals surface area contributed by atoms with Crippen LogP contribution in [0.4, 0.5) is 5.82 Å². The Balaban J connectivity index is 2.01. The maximum absolute atomic E-state index is 12.0. The van der Waals surface area contributed by atoms with E-state index in [9.17, 15) is 4.79 Å². The number of nitrogens with zero attached hydrogens (tertiary/aromatic N) is 1. The molecule has 1 aliphatic rings. The second-order valence-corrected chi connectivity index (χ2v) is 4.60. The van der Waals surface area contributed by atoms with Gasteiger partial charge in [0.05, 0.1) is 23.2 Å². The van der Waals surface area contributed by atoms with Gasteiger partial charge in [-0.1, -0.05) is 11.6 Å². The second-order valence-electron chi connectivity index (χ2n) is 4.19. The average molecular weight is 270 g/mol. The molecule has 2 heterocycles. The molecule has 0 bridgehead atoms. The Morgan fingerprint density at radius 2 is 2.44 bits per heavy atom. The zero-order chi connectivity index (χ0) is 13.0. The lowest BCUT2D eigenvalue weighted by molar-refractivity contribution is 0.0624. The molecule has 1 aromatic rings. The van der Waals surface area contributed by atoms with Crippen LogP contribution in [0.5, 0.6) is 0 Å². The fourth-order valence-corrected chi connectivity index (χ4v) is 2.13. The molecule has 1 aliphatic heterocycles. The van der Waals surface area contributed by atoms with E-state index in [2.05, 4.69) is 15.6 Å². The van der Waals surface area contributed by atoms with Crippen LogP contribution in [-0.4, -0.2) is 37.2 Å². The zero-order valence-electron chi connectivity index (χ0n) is 10.2. The minimum absolute atomic E-state index is 0.0778. The monoisotopic (exact) mass is 269 g/mol. The quantitative estimate of drug-likeness (QED) is 0.876. The molecule has 0 aromatic carbocycles. The highest BCUT2D eigenvalue weighted by Gasteiger charge is 2.17. The number of aromatic nitrogens is 1. The third kappa shape index (κ3) is 3.11. The summed E-state index contributed by atoms with van der Waals surface area (Å²) in [6, 6.07) is 1.69. The van der Waals surface area contributed by atoms with Gasteiger partial charge in [-0.15, -0.1) is 0 Å². The summed E-state index contributed by atoms with van der Waals surface area (Å²) in [5.41, 5.74) is 0.463. The second kappa shape index (κ2) is 6.02. The van der Waals surface area contributed by atoms with Crippen LogP contribution in [0, 0.1) is 0 Å². The molecule has 0 spiro atoms. The Labute approximate surface area is 111 Å². The van der Waals surface area contributed by atoms with Crippen LogP contribution in [0.3, 0.4) is 0 Å². The molecule has 6 heteroatoms. The fourth-order valence-electron chi connectivity index (χ4n) is 1.87. The van der Waals surface area contributed by atoms with Crippen LogP contribution in [0.2, 0.25) is 5.02 Å². The smallest absolute Gasteiger partial charge is 0.253 e. The molecule has 2 N–H and O–H groups in total. The zero-order valence-corrected chi connectivity index (χ0v) is 11.0. The first-order valence-electron chi connectivity index (χ1n) is 5.92. The van der Waals surface area contributed by atoms with Crippen LogP contribution in [-0.2, 0) is 4.74 Å². The van der Waals surface area contributed by atoms with Crippen molar-refractivity contribution in [2.75, 3.05) is 25.6 Å². The largest absolute Gasteiger partial charge is 0.379 e. The van der Waals surface area contributed by atoms with E-state index < -0.39 is 0 Å². The summed E-state index contributed by atoms with van der Waals surface area (Å²) in [6.07, 6.45) is 3.43. The van der Waals surface area contributed by atoms with Gasteiger partial charge in [-0.25, -0.2) is 4.98 Å². The molecule has 0 saturated carbocycles. The van der Waals surface area contributed by atoms with Crippen molar-refractivity contribution < 1.29 is 9.53 Å². The highest BCUT2D eigenvalue weighted by Crippen LogP contribution is 2.19. The van der Waals surface area contributed by atoms with Gasteiger partial charge in [0.2, 0.25) is 0 Å². The van der Waals surface area contributed by atoms with Crippen molar-refractivity contribution in [1.29, 1.82) is 0 Å². The summed E-state index contributed by atoms with van der Waals surface area (Å²) in [6.45, 7) is 1.35. The van der Waals surface area contributed by atoms with Crippen molar-refractivity contribution in [1.82, 2.24) is 10.3 Å². The summed E-state index contributed by atoms with van der Waals surface area (Å²) in [5, 5.41) is 6.20. The molecule has 1 atom stereocenters. The van der Waals surface area contributed by atoms with Gasteiger partial charge in [0.15, 0.2) is 0 Å². The summed E-state index contributed by atoms with van der Waals surface area (Å²) in [5.74, 6) is 0.400. The lowest BCUT2D eigenvalue weighted by Gasteiger charge is -2.23. The van der Waals surface area contributed by atoms with Crippen LogP contribution in [0.25, 0.3) is 0 Å². The molecule has 1 saturated heterocycles. The first-order chi connectivity index (χ1) is 8.70. The first kappa shape index (κ1) is 13.1. The summed E-state index contributed by atoms with van der Waals surface area (Å²) < 4.78 is 5.31. The Hall–Kier alpha value is -1.33. The molecule has 18 heavy (non-hydrogen) atoms. The van der Waals surface area contributed by atoms with Gasteiger partial charge in [-0.2, -0.15) is 0 Å². The third-order valence-electron chi connectivity index (χ3n) is 2.84.